The molecule has 76 valence electrons. The first-order chi connectivity index (χ1) is 3.63. The molecule has 11 heavy (non-hydrogen) atoms. The minimum absolute atomic E-state index is 0. The third kappa shape index (κ3) is 24.6. The molecule has 0 fully saturated rings. The van der Waals surface area contributed by atoms with Crippen molar-refractivity contribution in [2.45, 2.75) is 7.43 Å². The molecule has 0 aromatic heterocycles. The van der Waals surface area contributed by atoms with E-state index in [2.05, 4.69) is 7.94 Å². The summed E-state index contributed by atoms with van der Waals surface area (Å²) in [6, 6.07) is 0. The van der Waals surface area contributed by atoms with Gasteiger partial charge in [0.05, 0.1) is 0 Å². The Bertz CT molecular complexity index is 147. The van der Waals surface area contributed by atoms with Crippen LogP contribution in [0.5, 0.6) is 0 Å². The van der Waals surface area contributed by atoms with Crippen LogP contribution in [-0.2, 0) is 53.0 Å². The van der Waals surface area contributed by atoms with E-state index in [-0.39, 0.29) is 41.0 Å². The van der Waals surface area contributed by atoms with Gasteiger partial charge in [-0.15, -0.1) is 0 Å². The fourth-order valence-electron chi connectivity index (χ4n) is 0.0509. The van der Waals surface area contributed by atoms with Gasteiger partial charge >= 0.3 is 52.2 Å². The number of rotatable bonds is 3. The first-order valence-corrected chi connectivity index (χ1v) is 5.69. The molecular weight excluding hydrogens is 384 g/mol. The molecule has 1 unspecified atom stereocenters. The van der Waals surface area contributed by atoms with Crippen molar-refractivity contribution in [3.8, 4) is 0 Å². The van der Waals surface area contributed by atoms with Gasteiger partial charge in [0.15, 0.2) is 0 Å². The summed E-state index contributed by atoms with van der Waals surface area (Å²) in [6.45, 7) is 0. The van der Waals surface area contributed by atoms with Crippen molar-refractivity contribution in [3.05, 3.63) is 0 Å². The molecule has 0 bridgehead atoms. The topological polar surface area (TPSA) is 89.9 Å². The second kappa shape index (κ2) is 13.9. The van der Waals surface area contributed by atoms with E-state index in [1.165, 1.54) is 0 Å². The van der Waals surface area contributed by atoms with Crippen LogP contribution < -0.4 is 0 Å². The van der Waals surface area contributed by atoms with E-state index in [0.29, 0.717) is 0 Å². The Morgan fingerprint density at radius 3 is 1.73 bits per heavy atom. The van der Waals surface area contributed by atoms with Crippen LogP contribution >= 0.6 is 0 Å². The van der Waals surface area contributed by atoms with Gasteiger partial charge in [-0.1, -0.05) is 7.43 Å². The van der Waals surface area contributed by atoms with Crippen LogP contribution in [0.2, 0.25) is 0 Å². The van der Waals surface area contributed by atoms with Crippen molar-refractivity contribution in [2.75, 3.05) is 0 Å². The van der Waals surface area contributed by atoms with Crippen molar-refractivity contribution in [1.82, 2.24) is 0 Å². The van der Waals surface area contributed by atoms with Gasteiger partial charge in [0.25, 0.3) is 0 Å². The van der Waals surface area contributed by atoms with E-state index in [1.54, 1.807) is 0 Å². The van der Waals surface area contributed by atoms with Gasteiger partial charge in [-0.2, -0.15) is 0 Å². The number of hydrogen-bond donors (Lipinski definition) is 1. The molecule has 2 radical (unpaired) electrons. The molecule has 0 saturated heterocycles. The summed E-state index contributed by atoms with van der Waals surface area (Å²) < 4.78 is 42.9. The standard InChI is InChI=1S/CH4.2Co.H2O6Se2/c;;;1-7(2)5-6-8(3)4/h1H4;;;7H,(H,3,4). The molecule has 6 nitrogen and oxygen atoms in total. The van der Waals surface area contributed by atoms with E-state index >= 15 is 0 Å². The molecule has 0 aromatic carbocycles. The molecule has 0 heterocycles. The van der Waals surface area contributed by atoms with Crippen molar-refractivity contribution in [1.29, 1.82) is 0 Å². The Balaban J connectivity index is -0.0000000817. The largest absolute Gasteiger partial charge is 0 e. The summed E-state index contributed by atoms with van der Waals surface area (Å²) in [5.41, 5.74) is 0. The molecule has 0 amide bonds. The summed E-state index contributed by atoms with van der Waals surface area (Å²) in [7, 11) is 0. The predicted molar refractivity (Wildman–Crippen MR) is 26.1 cm³/mol. The first-order valence-electron chi connectivity index (χ1n) is 1.23. The van der Waals surface area contributed by atoms with Crippen molar-refractivity contribution in [3.63, 3.8) is 0 Å². The molecule has 10 heteroatoms. The Labute approximate surface area is 92.7 Å². The van der Waals surface area contributed by atoms with Gasteiger partial charge in [-0.05, 0) is 0 Å². The van der Waals surface area contributed by atoms with Crippen molar-refractivity contribution < 1.29 is 57.2 Å². The quantitative estimate of drug-likeness (QED) is 0.361. The van der Waals surface area contributed by atoms with E-state index in [1.807, 2.05) is 0 Å². The summed E-state index contributed by atoms with van der Waals surface area (Å²) in [5, 5.41) is 0. The van der Waals surface area contributed by atoms with E-state index in [9.17, 15) is 11.5 Å². The fraction of sp³-hybridized carbons (Fsp3) is 1.00. The second-order valence-electron chi connectivity index (χ2n) is 0.583. The maximum atomic E-state index is 9.51. The Kier molecular flexibility index (Phi) is 28.8. The SMILES string of the molecule is C.O=[Se](O)OO[SeH](=O)=O.[Co].[Co]. The van der Waals surface area contributed by atoms with Crippen LogP contribution in [0.1, 0.15) is 7.43 Å². The maximum absolute atomic E-state index is 9.51. The molecule has 1 atom stereocenters. The third-order valence-corrected chi connectivity index (χ3v) is 1.44. The molecule has 0 saturated carbocycles. The van der Waals surface area contributed by atoms with Crippen LogP contribution in [0.15, 0.2) is 0 Å². The van der Waals surface area contributed by atoms with E-state index < -0.39 is 28.6 Å². The van der Waals surface area contributed by atoms with Gasteiger partial charge in [0.1, 0.15) is 0 Å². The van der Waals surface area contributed by atoms with Crippen LogP contribution in [0, 0.1) is 0 Å². The minimum Gasteiger partial charge on any atom is 0 e. The van der Waals surface area contributed by atoms with Gasteiger partial charge in [0, 0.05) is 33.6 Å². The summed E-state index contributed by atoms with van der Waals surface area (Å²) in [4.78, 5) is 0. The molecule has 0 aromatic rings. The third-order valence-electron chi connectivity index (χ3n) is 0.149. The average molecular weight is 390 g/mol. The Morgan fingerprint density at radius 1 is 1.27 bits per heavy atom. The maximum Gasteiger partial charge on any atom is 0 e. The molecule has 0 aliphatic carbocycles. The Hall–Kier alpha value is 1.33. The summed E-state index contributed by atoms with van der Waals surface area (Å²) in [6.07, 6.45) is 0. The summed E-state index contributed by atoms with van der Waals surface area (Å²) in [5.74, 6) is 0. The van der Waals surface area contributed by atoms with Gasteiger partial charge in [-0.25, -0.2) is 0 Å². The Morgan fingerprint density at radius 2 is 1.64 bits per heavy atom. The zero-order chi connectivity index (χ0) is 6.57. The average Bonchev–Trinajstić information content (AvgIpc) is 1.61. The van der Waals surface area contributed by atoms with Crippen molar-refractivity contribution >= 4 is 28.6 Å². The van der Waals surface area contributed by atoms with E-state index in [4.69, 9.17) is 4.19 Å². The molecule has 0 aliphatic rings. The van der Waals surface area contributed by atoms with Crippen LogP contribution in [-0.4, -0.2) is 32.8 Å². The molecule has 0 spiro atoms. The number of hydrogen-bond acceptors (Lipinski definition) is 5. The smallest absolute Gasteiger partial charge is 0 e. The minimum atomic E-state index is -3.83. The van der Waals surface area contributed by atoms with E-state index in [0.717, 1.165) is 0 Å². The van der Waals surface area contributed by atoms with Crippen LogP contribution in [0.4, 0.5) is 0 Å². The predicted octanol–water partition coefficient (Wildman–Crippen LogP) is -1.45. The van der Waals surface area contributed by atoms with Gasteiger partial charge < -0.3 is 0 Å². The van der Waals surface area contributed by atoms with Gasteiger partial charge in [0.2, 0.25) is 0 Å². The van der Waals surface area contributed by atoms with Gasteiger partial charge in [-0.3, -0.25) is 0 Å². The zero-order valence-corrected chi connectivity index (χ0v) is 9.68. The molecule has 0 aliphatic heterocycles. The normalized spacial score (nSPS) is 10.4. The second-order valence-corrected chi connectivity index (χ2v) is 3.03. The summed E-state index contributed by atoms with van der Waals surface area (Å²) >= 11 is -7.28. The monoisotopic (exact) mass is 392 g/mol. The first kappa shape index (κ1) is 22.8. The molecule has 1 N–H and O–H groups in total. The van der Waals surface area contributed by atoms with Crippen LogP contribution in [0.3, 0.4) is 0 Å². The fourth-order valence-corrected chi connectivity index (χ4v) is 1.37. The zero-order valence-electron chi connectivity index (χ0n) is 4.01. The molecular formula is CH6Co2O6Se2. The molecule has 0 rings (SSSR count). The van der Waals surface area contributed by atoms with Crippen LogP contribution in [0.25, 0.3) is 0 Å². The van der Waals surface area contributed by atoms with Crippen molar-refractivity contribution in [2.24, 2.45) is 0 Å².